The van der Waals surface area contributed by atoms with Gasteiger partial charge in [-0.2, -0.15) is 0 Å². The van der Waals surface area contributed by atoms with Crippen molar-refractivity contribution in [1.82, 2.24) is 10.3 Å². The molecular weight excluding hydrogens is 216 g/mol. The molecule has 1 aliphatic carbocycles. The maximum Gasteiger partial charge on any atom is 0.0928 e. The van der Waals surface area contributed by atoms with Gasteiger partial charge in [-0.1, -0.05) is 19.3 Å². The van der Waals surface area contributed by atoms with E-state index in [-0.39, 0.29) is 0 Å². The molecule has 0 bridgehead atoms. The van der Waals surface area contributed by atoms with E-state index in [1.165, 1.54) is 49.2 Å². The van der Waals surface area contributed by atoms with E-state index < -0.39 is 0 Å². The van der Waals surface area contributed by atoms with Gasteiger partial charge in [-0.25, -0.2) is 4.98 Å². The van der Waals surface area contributed by atoms with E-state index in [0.717, 1.165) is 18.9 Å². The van der Waals surface area contributed by atoms with Crippen LogP contribution >= 0.6 is 11.3 Å². The summed E-state index contributed by atoms with van der Waals surface area (Å²) in [5, 5.41) is 6.81. The molecule has 0 aromatic carbocycles. The van der Waals surface area contributed by atoms with E-state index in [1.54, 1.807) is 0 Å². The van der Waals surface area contributed by atoms with Gasteiger partial charge in [-0.05, 0) is 32.9 Å². The summed E-state index contributed by atoms with van der Waals surface area (Å²) < 4.78 is 0. The molecule has 0 unspecified atom stereocenters. The molecule has 2 rings (SSSR count). The predicted octanol–water partition coefficient (Wildman–Crippen LogP) is 3.34. The first-order chi connectivity index (χ1) is 7.90. The molecular formula is C13H22N2S. The van der Waals surface area contributed by atoms with Crippen LogP contribution in [0.25, 0.3) is 0 Å². The summed E-state index contributed by atoms with van der Waals surface area (Å²) in [6, 6.07) is 0. The van der Waals surface area contributed by atoms with Gasteiger partial charge in [0.25, 0.3) is 0 Å². The van der Waals surface area contributed by atoms with Gasteiger partial charge in [0.1, 0.15) is 0 Å². The van der Waals surface area contributed by atoms with Crippen LogP contribution in [0.2, 0.25) is 0 Å². The summed E-state index contributed by atoms with van der Waals surface area (Å²) >= 11 is 1.85. The summed E-state index contributed by atoms with van der Waals surface area (Å²) in [5.41, 5.74) is 1.38. The second-order valence-corrected chi connectivity index (χ2v) is 5.65. The SMILES string of the molecule is CNCCCc1nc(C2CCCCC2)cs1. The largest absolute Gasteiger partial charge is 0.320 e. The van der Waals surface area contributed by atoms with Crippen molar-refractivity contribution in [3.63, 3.8) is 0 Å². The van der Waals surface area contributed by atoms with Crippen molar-refractivity contribution in [1.29, 1.82) is 0 Å². The second-order valence-electron chi connectivity index (χ2n) is 4.71. The van der Waals surface area contributed by atoms with E-state index in [4.69, 9.17) is 4.98 Å². The van der Waals surface area contributed by atoms with E-state index in [1.807, 2.05) is 18.4 Å². The number of hydrogen-bond acceptors (Lipinski definition) is 3. The van der Waals surface area contributed by atoms with Crippen molar-refractivity contribution in [2.45, 2.75) is 50.9 Å². The highest BCUT2D eigenvalue weighted by Crippen LogP contribution is 2.33. The number of nitrogens with zero attached hydrogens (tertiary/aromatic N) is 1. The third kappa shape index (κ3) is 3.29. The molecule has 1 N–H and O–H groups in total. The Balaban J connectivity index is 1.85. The molecule has 1 aromatic rings. The standard InChI is InChI=1S/C13H22N2S/c1-14-9-5-8-13-15-12(10-16-13)11-6-3-2-4-7-11/h10-11,14H,2-9H2,1H3. The third-order valence-corrected chi connectivity index (χ3v) is 4.34. The fourth-order valence-corrected chi connectivity index (χ4v) is 3.36. The Labute approximate surface area is 102 Å². The molecule has 0 atom stereocenters. The number of aromatic nitrogens is 1. The molecule has 3 heteroatoms. The topological polar surface area (TPSA) is 24.9 Å². The van der Waals surface area contributed by atoms with Crippen LogP contribution in [-0.4, -0.2) is 18.6 Å². The summed E-state index contributed by atoms with van der Waals surface area (Å²) in [6.07, 6.45) is 9.29. The summed E-state index contributed by atoms with van der Waals surface area (Å²) in [4.78, 5) is 4.80. The van der Waals surface area contributed by atoms with Crippen LogP contribution in [0.4, 0.5) is 0 Å². The number of hydrogen-bond donors (Lipinski definition) is 1. The molecule has 1 fully saturated rings. The highest BCUT2D eigenvalue weighted by atomic mass is 32.1. The summed E-state index contributed by atoms with van der Waals surface area (Å²) in [7, 11) is 2.01. The molecule has 1 aromatic heterocycles. The Morgan fingerprint density at radius 2 is 2.19 bits per heavy atom. The first-order valence-corrected chi connectivity index (χ1v) is 7.37. The first-order valence-electron chi connectivity index (χ1n) is 6.49. The zero-order valence-corrected chi connectivity index (χ0v) is 11.0. The van der Waals surface area contributed by atoms with Crippen molar-refractivity contribution >= 4 is 11.3 Å². The molecule has 0 spiro atoms. The molecule has 0 saturated heterocycles. The number of nitrogens with one attached hydrogen (secondary N) is 1. The lowest BCUT2D eigenvalue weighted by Gasteiger charge is -2.19. The van der Waals surface area contributed by atoms with Gasteiger partial charge >= 0.3 is 0 Å². The van der Waals surface area contributed by atoms with E-state index >= 15 is 0 Å². The fourth-order valence-electron chi connectivity index (χ4n) is 2.44. The Bertz CT molecular complexity index is 303. The molecule has 90 valence electrons. The van der Waals surface area contributed by atoms with Crippen LogP contribution < -0.4 is 5.32 Å². The first kappa shape index (κ1) is 12.1. The summed E-state index contributed by atoms with van der Waals surface area (Å²) in [6.45, 7) is 1.10. The van der Waals surface area contributed by atoms with Crippen molar-refractivity contribution < 1.29 is 0 Å². The molecule has 1 saturated carbocycles. The third-order valence-electron chi connectivity index (χ3n) is 3.41. The zero-order valence-electron chi connectivity index (χ0n) is 10.2. The van der Waals surface area contributed by atoms with Crippen LogP contribution in [0.5, 0.6) is 0 Å². The normalized spacial score (nSPS) is 17.8. The Morgan fingerprint density at radius 1 is 1.38 bits per heavy atom. The fraction of sp³-hybridized carbons (Fsp3) is 0.769. The van der Waals surface area contributed by atoms with Gasteiger partial charge in [-0.3, -0.25) is 0 Å². The smallest absolute Gasteiger partial charge is 0.0928 e. The Hall–Kier alpha value is -0.410. The number of rotatable bonds is 5. The van der Waals surface area contributed by atoms with Crippen LogP contribution in [0.3, 0.4) is 0 Å². The lowest BCUT2D eigenvalue weighted by molar-refractivity contribution is 0.437. The zero-order chi connectivity index (χ0) is 11.2. The Kier molecular flexibility index (Phi) is 4.79. The molecule has 0 radical (unpaired) electrons. The minimum atomic E-state index is 0.767. The van der Waals surface area contributed by atoms with Gasteiger partial charge in [0.15, 0.2) is 0 Å². The van der Waals surface area contributed by atoms with Gasteiger partial charge in [0.05, 0.1) is 10.7 Å². The summed E-state index contributed by atoms with van der Waals surface area (Å²) in [5.74, 6) is 0.767. The molecule has 0 amide bonds. The van der Waals surface area contributed by atoms with E-state index in [2.05, 4.69) is 10.7 Å². The van der Waals surface area contributed by atoms with Gasteiger partial charge in [0, 0.05) is 17.7 Å². The molecule has 1 aliphatic rings. The lowest BCUT2D eigenvalue weighted by atomic mass is 9.87. The maximum absolute atomic E-state index is 4.80. The maximum atomic E-state index is 4.80. The van der Waals surface area contributed by atoms with Gasteiger partial charge in [0.2, 0.25) is 0 Å². The van der Waals surface area contributed by atoms with Crippen LogP contribution in [0.1, 0.15) is 55.1 Å². The molecule has 0 aliphatic heterocycles. The van der Waals surface area contributed by atoms with Gasteiger partial charge < -0.3 is 5.32 Å². The lowest BCUT2D eigenvalue weighted by Crippen LogP contribution is -2.08. The van der Waals surface area contributed by atoms with Crippen LogP contribution in [0, 0.1) is 0 Å². The quantitative estimate of drug-likeness (QED) is 0.796. The van der Waals surface area contributed by atoms with E-state index in [0.29, 0.717) is 0 Å². The van der Waals surface area contributed by atoms with Crippen LogP contribution in [0.15, 0.2) is 5.38 Å². The monoisotopic (exact) mass is 238 g/mol. The Morgan fingerprint density at radius 3 is 2.94 bits per heavy atom. The second kappa shape index (κ2) is 6.36. The van der Waals surface area contributed by atoms with Crippen molar-refractivity contribution in [3.05, 3.63) is 16.1 Å². The molecule has 2 nitrogen and oxygen atoms in total. The van der Waals surface area contributed by atoms with Gasteiger partial charge in [-0.15, -0.1) is 11.3 Å². The predicted molar refractivity (Wildman–Crippen MR) is 70.2 cm³/mol. The van der Waals surface area contributed by atoms with Crippen molar-refractivity contribution in [3.8, 4) is 0 Å². The minimum absolute atomic E-state index is 0.767. The average molecular weight is 238 g/mol. The highest BCUT2D eigenvalue weighted by Gasteiger charge is 2.17. The highest BCUT2D eigenvalue weighted by molar-refractivity contribution is 7.09. The van der Waals surface area contributed by atoms with Crippen LogP contribution in [-0.2, 0) is 6.42 Å². The number of aryl methyl sites for hydroxylation is 1. The molecule has 16 heavy (non-hydrogen) atoms. The van der Waals surface area contributed by atoms with E-state index in [9.17, 15) is 0 Å². The average Bonchev–Trinajstić information content (AvgIpc) is 2.79. The minimum Gasteiger partial charge on any atom is -0.320 e. The van der Waals surface area contributed by atoms with Crippen molar-refractivity contribution in [2.24, 2.45) is 0 Å². The number of thiazole rings is 1. The molecule has 1 heterocycles. The van der Waals surface area contributed by atoms with Crippen molar-refractivity contribution in [2.75, 3.05) is 13.6 Å².